The molecule has 3 nitrogen and oxygen atoms in total. The summed E-state index contributed by atoms with van der Waals surface area (Å²) in [5.74, 6) is -1.02. The molecule has 1 aromatic rings. The number of nitrogens with zero attached hydrogens (tertiary/aromatic N) is 1. The summed E-state index contributed by atoms with van der Waals surface area (Å²) in [7, 11) is 0. The molecule has 4 heteroatoms. The lowest BCUT2D eigenvalue weighted by Crippen LogP contribution is -2.29. The van der Waals surface area contributed by atoms with Gasteiger partial charge in [0.15, 0.2) is 0 Å². The maximum Gasteiger partial charge on any atom is 0.253 e. The van der Waals surface area contributed by atoms with Crippen molar-refractivity contribution in [3.8, 4) is 0 Å². The molecule has 1 aliphatic heterocycles. The zero-order chi connectivity index (χ0) is 12.6. The average Bonchev–Trinajstić information content (AvgIpc) is 2.57. The summed E-state index contributed by atoms with van der Waals surface area (Å²) in [6.45, 7) is 3.61. The van der Waals surface area contributed by atoms with Crippen LogP contribution in [-0.2, 0) is 16.1 Å². The van der Waals surface area contributed by atoms with Crippen LogP contribution in [-0.4, -0.2) is 16.7 Å². The van der Waals surface area contributed by atoms with Gasteiger partial charge >= 0.3 is 0 Å². The van der Waals surface area contributed by atoms with Crippen LogP contribution < -0.4 is 0 Å². The van der Waals surface area contributed by atoms with E-state index in [1.54, 1.807) is 19.9 Å². The van der Waals surface area contributed by atoms with Gasteiger partial charge in [0.1, 0.15) is 5.82 Å². The Hall–Kier alpha value is -1.97. The molecule has 1 heterocycles. The van der Waals surface area contributed by atoms with Gasteiger partial charge in [-0.15, -0.1) is 0 Å². The van der Waals surface area contributed by atoms with Crippen LogP contribution in [0, 0.1) is 19.7 Å². The monoisotopic (exact) mass is 233 g/mol. The van der Waals surface area contributed by atoms with E-state index in [0.29, 0.717) is 11.1 Å². The number of amides is 2. The Morgan fingerprint density at radius 2 is 1.71 bits per heavy atom. The molecule has 0 radical (unpaired) electrons. The molecule has 0 unspecified atom stereocenters. The lowest BCUT2D eigenvalue weighted by atomic mass is 10.1. The highest BCUT2D eigenvalue weighted by molar-refractivity contribution is 6.12. The van der Waals surface area contributed by atoms with E-state index in [-0.39, 0.29) is 24.2 Å². The molecule has 0 saturated heterocycles. The highest BCUT2D eigenvalue weighted by Crippen LogP contribution is 2.17. The van der Waals surface area contributed by atoms with E-state index in [1.165, 1.54) is 18.2 Å². The van der Waals surface area contributed by atoms with Crippen LogP contribution in [0.15, 0.2) is 24.3 Å². The van der Waals surface area contributed by atoms with Crippen LogP contribution in [0.1, 0.15) is 16.7 Å². The van der Waals surface area contributed by atoms with Gasteiger partial charge in [-0.3, -0.25) is 14.5 Å². The van der Waals surface area contributed by atoms with Gasteiger partial charge in [-0.2, -0.15) is 0 Å². The summed E-state index contributed by atoms with van der Waals surface area (Å²) in [6, 6.07) is 3.15. The third kappa shape index (κ3) is 2.11. The van der Waals surface area contributed by atoms with Crippen LogP contribution in [0.3, 0.4) is 0 Å². The van der Waals surface area contributed by atoms with E-state index < -0.39 is 0 Å². The first-order valence-electron chi connectivity index (χ1n) is 5.28. The average molecular weight is 233 g/mol. The molecule has 17 heavy (non-hydrogen) atoms. The highest BCUT2D eigenvalue weighted by Gasteiger charge is 2.23. The van der Waals surface area contributed by atoms with Crippen molar-refractivity contribution in [2.24, 2.45) is 0 Å². The van der Waals surface area contributed by atoms with Crippen molar-refractivity contribution in [3.05, 3.63) is 46.8 Å². The minimum atomic E-state index is -0.353. The minimum Gasteiger partial charge on any atom is -0.271 e. The second kappa shape index (κ2) is 4.13. The zero-order valence-corrected chi connectivity index (χ0v) is 9.66. The first-order valence-corrected chi connectivity index (χ1v) is 5.28. The second-order valence-electron chi connectivity index (χ2n) is 4.12. The van der Waals surface area contributed by atoms with E-state index in [2.05, 4.69) is 0 Å². The maximum atomic E-state index is 13.5. The first-order chi connectivity index (χ1) is 7.99. The van der Waals surface area contributed by atoms with Gasteiger partial charge in [-0.05, 0) is 36.6 Å². The van der Waals surface area contributed by atoms with E-state index >= 15 is 0 Å². The Morgan fingerprint density at radius 1 is 1.12 bits per heavy atom. The minimum absolute atomic E-state index is 0.114. The predicted molar refractivity (Wildman–Crippen MR) is 60.6 cm³/mol. The number of benzene rings is 1. The molecular weight excluding hydrogens is 221 g/mol. The number of halogens is 1. The molecule has 0 saturated carbocycles. The van der Waals surface area contributed by atoms with Crippen LogP contribution in [0.5, 0.6) is 0 Å². The number of carbonyl (C=O) groups excluding carboxylic acids is 2. The van der Waals surface area contributed by atoms with Crippen LogP contribution in [0.4, 0.5) is 4.39 Å². The fraction of sp³-hybridized carbons (Fsp3) is 0.231. The number of rotatable bonds is 2. The molecule has 1 aromatic carbocycles. The third-order valence-electron chi connectivity index (χ3n) is 2.91. The molecular formula is C13H12FNO2. The van der Waals surface area contributed by atoms with E-state index in [9.17, 15) is 14.0 Å². The van der Waals surface area contributed by atoms with Crippen molar-refractivity contribution in [1.29, 1.82) is 0 Å². The Morgan fingerprint density at radius 3 is 2.24 bits per heavy atom. The number of hydrogen-bond acceptors (Lipinski definition) is 2. The van der Waals surface area contributed by atoms with Crippen LogP contribution >= 0.6 is 0 Å². The van der Waals surface area contributed by atoms with Crippen molar-refractivity contribution in [3.63, 3.8) is 0 Å². The van der Waals surface area contributed by atoms with Gasteiger partial charge in [0.05, 0.1) is 6.54 Å². The number of carbonyl (C=O) groups is 2. The summed E-state index contributed by atoms with van der Waals surface area (Å²) in [5, 5.41) is 0. The molecule has 0 N–H and O–H groups in total. The van der Waals surface area contributed by atoms with Crippen molar-refractivity contribution in [2.45, 2.75) is 20.4 Å². The SMILES string of the molecule is Cc1cc(CN2C(=O)C=CC2=O)cc(F)c1C. The Balaban J connectivity index is 2.25. The van der Waals surface area contributed by atoms with Crippen molar-refractivity contribution < 1.29 is 14.0 Å². The quantitative estimate of drug-likeness (QED) is 0.731. The summed E-state index contributed by atoms with van der Waals surface area (Å²) in [6.07, 6.45) is 2.44. The van der Waals surface area contributed by atoms with Crippen LogP contribution in [0.2, 0.25) is 0 Å². The smallest absolute Gasteiger partial charge is 0.253 e. The number of imide groups is 1. The van der Waals surface area contributed by atoms with Gasteiger partial charge in [-0.1, -0.05) is 6.07 Å². The maximum absolute atomic E-state index is 13.5. The first kappa shape index (κ1) is 11.5. The largest absolute Gasteiger partial charge is 0.271 e. The van der Waals surface area contributed by atoms with Gasteiger partial charge in [0, 0.05) is 12.2 Å². The Bertz CT molecular complexity index is 493. The highest BCUT2D eigenvalue weighted by atomic mass is 19.1. The summed E-state index contributed by atoms with van der Waals surface area (Å²) in [5.41, 5.74) is 2.02. The molecule has 88 valence electrons. The lowest BCUT2D eigenvalue weighted by Gasteiger charge is -2.15. The molecule has 0 atom stereocenters. The zero-order valence-electron chi connectivity index (χ0n) is 9.66. The van der Waals surface area contributed by atoms with Crippen LogP contribution in [0.25, 0.3) is 0 Å². The van der Waals surface area contributed by atoms with E-state index in [1.807, 2.05) is 0 Å². The third-order valence-corrected chi connectivity index (χ3v) is 2.91. The van der Waals surface area contributed by atoms with Crippen molar-refractivity contribution >= 4 is 11.8 Å². The normalized spacial score (nSPS) is 14.9. The Kier molecular flexibility index (Phi) is 2.79. The molecule has 2 amide bonds. The van der Waals surface area contributed by atoms with E-state index in [4.69, 9.17) is 0 Å². The van der Waals surface area contributed by atoms with Gasteiger partial charge < -0.3 is 0 Å². The lowest BCUT2D eigenvalue weighted by molar-refractivity contribution is -0.137. The summed E-state index contributed by atoms with van der Waals surface area (Å²) in [4.78, 5) is 23.8. The molecule has 1 aliphatic rings. The summed E-state index contributed by atoms with van der Waals surface area (Å²) < 4.78 is 13.5. The molecule has 2 rings (SSSR count). The predicted octanol–water partition coefficient (Wildman–Crippen LogP) is 1.87. The molecule has 0 spiro atoms. The number of aryl methyl sites for hydroxylation is 1. The second-order valence-corrected chi connectivity index (χ2v) is 4.12. The van der Waals surface area contributed by atoms with Crippen molar-refractivity contribution in [1.82, 2.24) is 4.90 Å². The standard InChI is InChI=1S/C13H12FNO2/c1-8-5-10(6-11(14)9(8)2)7-15-12(16)3-4-13(15)17/h3-6H,7H2,1-2H3. The van der Waals surface area contributed by atoms with Gasteiger partial charge in [0.2, 0.25) is 0 Å². The fourth-order valence-electron chi connectivity index (χ4n) is 1.75. The fourth-order valence-corrected chi connectivity index (χ4v) is 1.75. The van der Waals surface area contributed by atoms with E-state index in [0.717, 1.165) is 10.5 Å². The Labute approximate surface area is 98.5 Å². The van der Waals surface area contributed by atoms with Gasteiger partial charge in [0.25, 0.3) is 11.8 Å². The van der Waals surface area contributed by atoms with Gasteiger partial charge in [-0.25, -0.2) is 4.39 Å². The molecule has 0 bridgehead atoms. The molecule has 0 aromatic heterocycles. The number of hydrogen-bond donors (Lipinski definition) is 0. The molecule has 0 aliphatic carbocycles. The topological polar surface area (TPSA) is 37.4 Å². The van der Waals surface area contributed by atoms with Crippen molar-refractivity contribution in [2.75, 3.05) is 0 Å². The molecule has 0 fully saturated rings. The summed E-state index contributed by atoms with van der Waals surface area (Å²) >= 11 is 0.